The molecule has 2 unspecified atom stereocenters. The number of benzene rings is 1. The molecule has 3 atom stereocenters. The van der Waals surface area contributed by atoms with Crippen molar-refractivity contribution in [2.45, 2.75) is 62.7 Å². The molecule has 1 saturated heterocycles. The van der Waals surface area contributed by atoms with E-state index in [1.807, 2.05) is 4.90 Å². The topological polar surface area (TPSA) is 87.5 Å². The fourth-order valence-corrected chi connectivity index (χ4v) is 5.89. The molecule has 206 valence electrons. The van der Waals surface area contributed by atoms with E-state index in [0.717, 1.165) is 31.7 Å². The van der Waals surface area contributed by atoms with Gasteiger partial charge in [0.2, 0.25) is 0 Å². The first kappa shape index (κ1) is 26.6. The largest absolute Gasteiger partial charge is 0.481 e. The van der Waals surface area contributed by atoms with Gasteiger partial charge in [-0.1, -0.05) is 31.0 Å². The lowest BCUT2D eigenvalue weighted by Gasteiger charge is -2.23. The number of carboxylic acid groups (broad SMARTS) is 1. The van der Waals surface area contributed by atoms with Crippen molar-refractivity contribution < 1.29 is 36.6 Å². The van der Waals surface area contributed by atoms with E-state index in [1.54, 1.807) is 0 Å². The first-order chi connectivity index (χ1) is 17.9. The molecule has 3 aliphatic rings. The maximum absolute atomic E-state index is 13.8. The molecule has 1 aromatic heterocycles. The van der Waals surface area contributed by atoms with Crippen molar-refractivity contribution >= 4 is 11.9 Å². The number of rotatable bonds is 9. The molecule has 3 fully saturated rings. The Morgan fingerprint density at radius 2 is 1.79 bits per heavy atom. The molecule has 1 aromatic carbocycles. The third kappa shape index (κ3) is 5.27. The second-order valence-corrected chi connectivity index (χ2v) is 10.5. The fraction of sp³-hybridized carbons (Fsp3) is 0.577. The first-order valence-electron chi connectivity index (χ1n) is 12.8. The Balaban J connectivity index is 1.35. The standard InChI is InChI=1S/C26H29F5N4O3/c27-25(28)19-13-34(14-20(19)25)10-9-15(11-23(36)37)32-24(38)21-12-22(35(33-21)16-5-1-2-6-16)17-7-3-4-8-18(17)26(29,30)31/h3-4,7-8,12,15-16,19-20H,1-2,5-6,9-11,13-14H2,(H,32,38)(H,36,37)/t15-,19?,20?/m0/s1. The van der Waals surface area contributed by atoms with E-state index in [2.05, 4.69) is 10.4 Å². The molecule has 2 aliphatic carbocycles. The molecule has 1 amide bonds. The molecule has 5 rings (SSSR count). The molecule has 0 radical (unpaired) electrons. The van der Waals surface area contributed by atoms with E-state index < -0.39 is 47.4 Å². The Hall–Kier alpha value is -3.02. The van der Waals surface area contributed by atoms with E-state index in [0.29, 0.717) is 6.54 Å². The maximum atomic E-state index is 13.8. The van der Waals surface area contributed by atoms with Gasteiger partial charge in [-0.2, -0.15) is 18.3 Å². The van der Waals surface area contributed by atoms with Gasteiger partial charge in [0.05, 0.1) is 23.7 Å². The third-order valence-electron chi connectivity index (χ3n) is 7.97. The number of hydrogen-bond donors (Lipinski definition) is 2. The number of hydrogen-bond acceptors (Lipinski definition) is 4. The predicted molar refractivity (Wildman–Crippen MR) is 127 cm³/mol. The number of piperidine rings is 1. The summed E-state index contributed by atoms with van der Waals surface area (Å²) in [5.74, 6) is -5.76. The lowest BCUT2D eigenvalue weighted by atomic mass is 10.0. The molecule has 2 N–H and O–H groups in total. The highest BCUT2D eigenvalue weighted by molar-refractivity contribution is 5.94. The first-order valence-corrected chi connectivity index (χ1v) is 12.8. The van der Waals surface area contributed by atoms with Crippen LogP contribution in [0.15, 0.2) is 30.3 Å². The van der Waals surface area contributed by atoms with Crippen LogP contribution in [-0.2, 0) is 11.0 Å². The van der Waals surface area contributed by atoms with Gasteiger partial charge in [-0.05, 0) is 31.4 Å². The van der Waals surface area contributed by atoms with Crippen LogP contribution in [0.4, 0.5) is 22.0 Å². The fourth-order valence-electron chi connectivity index (χ4n) is 5.89. The lowest BCUT2D eigenvalue weighted by Crippen LogP contribution is -2.40. The number of nitrogens with zero attached hydrogens (tertiary/aromatic N) is 3. The minimum absolute atomic E-state index is 0.0788. The molecule has 0 bridgehead atoms. The number of carboxylic acids is 1. The van der Waals surface area contributed by atoms with Gasteiger partial charge in [-0.25, -0.2) is 8.78 Å². The number of amides is 1. The van der Waals surface area contributed by atoms with E-state index in [9.17, 15) is 36.6 Å². The Labute approximate surface area is 216 Å². The minimum atomic E-state index is -4.60. The zero-order chi connectivity index (χ0) is 27.2. The highest BCUT2D eigenvalue weighted by atomic mass is 19.4. The molecule has 7 nitrogen and oxygen atoms in total. The molecule has 0 spiro atoms. The van der Waals surface area contributed by atoms with Crippen molar-refractivity contribution in [2.75, 3.05) is 19.6 Å². The number of carbonyl (C=O) groups excluding carboxylic acids is 1. The summed E-state index contributed by atoms with van der Waals surface area (Å²) in [6, 6.07) is 5.52. The molecule has 1 aliphatic heterocycles. The van der Waals surface area contributed by atoms with Gasteiger partial charge in [-0.15, -0.1) is 0 Å². The number of alkyl halides is 5. The van der Waals surface area contributed by atoms with Crippen molar-refractivity contribution in [1.82, 2.24) is 20.0 Å². The Bertz CT molecular complexity index is 1190. The zero-order valence-electron chi connectivity index (χ0n) is 20.6. The van der Waals surface area contributed by atoms with E-state index in [4.69, 9.17) is 0 Å². The summed E-state index contributed by atoms with van der Waals surface area (Å²) in [7, 11) is 0. The number of likely N-dealkylation sites (tertiary alicyclic amines) is 1. The van der Waals surface area contributed by atoms with Crippen molar-refractivity contribution in [3.63, 3.8) is 0 Å². The van der Waals surface area contributed by atoms with Crippen LogP contribution in [0.3, 0.4) is 0 Å². The second kappa shape index (κ2) is 9.94. The summed E-state index contributed by atoms with van der Waals surface area (Å²) in [5.41, 5.74) is -0.822. The molecule has 38 heavy (non-hydrogen) atoms. The predicted octanol–water partition coefficient (Wildman–Crippen LogP) is 4.84. The number of halogens is 5. The summed E-state index contributed by atoms with van der Waals surface area (Å²) in [5, 5.41) is 16.4. The van der Waals surface area contributed by atoms with Crippen molar-refractivity contribution in [3.05, 3.63) is 41.6 Å². The second-order valence-electron chi connectivity index (χ2n) is 10.5. The van der Waals surface area contributed by atoms with E-state index >= 15 is 0 Å². The van der Waals surface area contributed by atoms with E-state index in [1.165, 1.54) is 28.9 Å². The Kier molecular flexibility index (Phi) is 6.95. The van der Waals surface area contributed by atoms with E-state index in [-0.39, 0.29) is 48.9 Å². The van der Waals surface area contributed by atoms with Gasteiger partial charge in [-0.3, -0.25) is 14.3 Å². The van der Waals surface area contributed by atoms with Crippen LogP contribution >= 0.6 is 0 Å². The van der Waals surface area contributed by atoms with Crippen LogP contribution in [0.1, 0.15) is 60.6 Å². The van der Waals surface area contributed by atoms with Crippen LogP contribution < -0.4 is 5.32 Å². The summed E-state index contributed by atoms with van der Waals surface area (Å²) >= 11 is 0. The number of nitrogens with one attached hydrogen (secondary N) is 1. The average molecular weight is 541 g/mol. The van der Waals surface area contributed by atoms with Gasteiger partial charge in [0, 0.05) is 43.1 Å². The van der Waals surface area contributed by atoms with Gasteiger partial charge in [0.15, 0.2) is 5.69 Å². The molecule has 2 aromatic rings. The van der Waals surface area contributed by atoms with Crippen molar-refractivity contribution in [3.8, 4) is 11.3 Å². The minimum Gasteiger partial charge on any atom is -0.481 e. The van der Waals surface area contributed by atoms with Gasteiger partial charge in [0.25, 0.3) is 11.8 Å². The van der Waals surface area contributed by atoms with Crippen LogP contribution in [0, 0.1) is 11.8 Å². The molecule has 12 heteroatoms. The van der Waals surface area contributed by atoms with Gasteiger partial charge < -0.3 is 15.3 Å². The zero-order valence-corrected chi connectivity index (χ0v) is 20.6. The number of carbonyl (C=O) groups is 2. The smallest absolute Gasteiger partial charge is 0.417 e. The third-order valence-corrected chi connectivity index (χ3v) is 7.97. The molecular formula is C26H29F5N4O3. The normalized spacial score (nSPS) is 23.8. The van der Waals surface area contributed by atoms with Crippen molar-refractivity contribution in [1.29, 1.82) is 0 Å². The van der Waals surface area contributed by atoms with Crippen LogP contribution in [0.25, 0.3) is 11.3 Å². The molecule has 2 saturated carbocycles. The van der Waals surface area contributed by atoms with Crippen LogP contribution in [0.2, 0.25) is 0 Å². The van der Waals surface area contributed by atoms with Gasteiger partial charge >= 0.3 is 12.1 Å². The number of fused-ring (bicyclic) bond motifs is 1. The summed E-state index contributed by atoms with van der Waals surface area (Å²) < 4.78 is 69.8. The Morgan fingerprint density at radius 1 is 1.13 bits per heavy atom. The highest BCUT2D eigenvalue weighted by Crippen LogP contribution is 2.59. The van der Waals surface area contributed by atoms with Crippen molar-refractivity contribution in [2.24, 2.45) is 11.8 Å². The maximum Gasteiger partial charge on any atom is 0.417 e. The van der Waals surface area contributed by atoms with Gasteiger partial charge in [0.1, 0.15) is 0 Å². The lowest BCUT2D eigenvalue weighted by molar-refractivity contribution is -0.138. The SMILES string of the molecule is O=C(O)C[C@H](CCN1CC2C(C1)C2(F)F)NC(=O)c1cc(-c2ccccc2C(F)(F)F)n(C2CCCC2)n1. The Morgan fingerprint density at radius 3 is 2.42 bits per heavy atom. The van der Waals surface area contributed by atoms with Crippen LogP contribution in [-0.4, -0.2) is 63.3 Å². The average Bonchev–Trinajstić information content (AvgIpc) is 3.45. The molecular weight excluding hydrogens is 511 g/mol. The number of aromatic nitrogens is 2. The summed E-state index contributed by atoms with van der Waals surface area (Å²) in [6.45, 7) is 0.820. The summed E-state index contributed by atoms with van der Waals surface area (Å²) in [6.07, 6.45) is -1.50. The summed E-state index contributed by atoms with van der Waals surface area (Å²) in [4.78, 5) is 26.4. The monoisotopic (exact) mass is 540 g/mol. The molecule has 2 heterocycles. The number of aliphatic carboxylic acids is 1. The van der Waals surface area contributed by atoms with Crippen LogP contribution in [0.5, 0.6) is 0 Å². The highest BCUT2D eigenvalue weighted by Gasteiger charge is 2.71. The quantitative estimate of drug-likeness (QED) is 0.445.